The molecule has 1 heterocycles. The van der Waals surface area contributed by atoms with Crippen LogP contribution in [0, 0.1) is 11.3 Å². The maximum atomic E-state index is 12.6. The predicted octanol–water partition coefficient (Wildman–Crippen LogP) is 3.73. The van der Waals surface area contributed by atoms with Gasteiger partial charge in [-0.25, -0.2) is 8.42 Å². The number of ether oxygens (including phenoxy) is 1. The summed E-state index contributed by atoms with van der Waals surface area (Å²) in [4.78, 5) is -0.196. The largest absolute Gasteiger partial charge is 0.485 e. The van der Waals surface area contributed by atoms with Crippen LogP contribution in [0.25, 0.3) is 6.08 Å². The fraction of sp³-hybridized carbons (Fsp3) is 0.105. The van der Waals surface area contributed by atoms with Crippen LogP contribution < -0.4 is 4.74 Å². The smallest absolute Gasteiger partial charge is 0.216 e. The standard InChI is InChI=1S/C19H15NO3S/c1-14-16(11-15-7-5-6-10-19(15)23-14)12-18(13-20)24(21,22)17-8-3-2-4-9-17/h2-12,14H,1H3. The average molecular weight is 337 g/mol. The van der Waals surface area contributed by atoms with E-state index >= 15 is 0 Å². The molecule has 24 heavy (non-hydrogen) atoms. The Morgan fingerprint density at radius 1 is 1.12 bits per heavy atom. The summed E-state index contributed by atoms with van der Waals surface area (Å²) in [5, 5.41) is 9.37. The SMILES string of the molecule is CC1Oc2ccccc2C=C1C=C(C#N)S(=O)(=O)c1ccccc1. The lowest BCUT2D eigenvalue weighted by atomic mass is 10.0. The highest BCUT2D eigenvalue weighted by Gasteiger charge is 2.24. The van der Waals surface area contributed by atoms with Gasteiger partial charge < -0.3 is 4.74 Å². The van der Waals surface area contributed by atoms with Crippen LogP contribution in [0.5, 0.6) is 5.75 Å². The fourth-order valence-corrected chi connectivity index (χ4v) is 3.65. The second-order valence-corrected chi connectivity index (χ2v) is 7.30. The van der Waals surface area contributed by atoms with Gasteiger partial charge in [-0.2, -0.15) is 5.26 Å². The first-order valence-corrected chi connectivity index (χ1v) is 8.90. The van der Waals surface area contributed by atoms with Gasteiger partial charge in [0.15, 0.2) is 0 Å². The van der Waals surface area contributed by atoms with Crippen LogP contribution in [0.15, 0.2) is 76.0 Å². The number of fused-ring (bicyclic) bond motifs is 1. The van der Waals surface area contributed by atoms with E-state index in [9.17, 15) is 13.7 Å². The highest BCUT2D eigenvalue weighted by molar-refractivity contribution is 7.95. The minimum absolute atomic E-state index is 0.100. The van der Waals surface area contributed by atoms with Crippen LogP contribution in [-0.2, 0) is 9.84 Å². The third-order valence-corrected chi connectivity index (χ3v) is 5.45. The van der Waals surface area contributed by atoms with Crippen LogP contribution in [0.1, 0.15) is 12.5 Å². The summed E-state index contributed by atoms with van der Waals surface area (Å²) < 4.78 is 31.1. The van der Waals surface area contributed by atoms with E-state index in [2.05, 4.69) is 0 Å². The second-order valence-electron chi connectivity index (χ2n) is 5.38. The zero-order valence-electron chi connectivity index (χ0n) is 13.0. The molecule has 0 aromatic heterocycles. The molecule has 0 aliphatic carbocycles. The summed E-state index contributed by atoms with van der Waals surface area (Å²) in [6, 6.07) is 17.2. The minimum Gasteiger partial charge on any atom is -0.485 e. The molecule has 0 bridgehead atoms. The van der Waals surface area contributed by atoms with Gasteiger partial charge in [-0.1, -0.05) is 36.4 Å². The van der Waals surface area contributed by atoms with E-state index in [0.29, 0.717) is 5.57 Å². The van der Waals surface area contributed by atoms with E-state index in [4.69, 9.17) is 4.74 Å². The average Bonchev–Trinajstić information content (AvgIpc) is 2.60. The van der Waals surface area contributed by atoms with Gasteiger partial charge in [-0.15, -0.1) is 0 Å². The number of sulfone groups is 1. The Balaban J connectivity index is 2.06. The highest BCUT2D eigenvalue weighted by atomic mass is 32.2. The predicted molar refractivity (Wildman–Crippen MR) is 91.8 cm³/mol. The summed E-state index contributed by atoms with van der Waals surface area (Å²) >= 11 is 0. The Hall–Kier alpha value is -2.84. The maximum Gasteiger partial charge on any atom is 0.216 e. The van der Waals surface area contributed by atoms with Gasteiger partial charge in [0.05, 0.1) is 4.90 Å². The molecular formula is C19H15NO3S. The highest BCUT2D eigenvalue weighted by Crippen LogP contribution is 2.31. The molecule has 0 radical (unpaired) electrons. The second kappa shape index (κ2) is 6.34. The van der Waals surface area contributed by atoms with Crippen molar-refractivity contribution in [2.24, 2.45) is 0 Å². The third-order valence-electron chi connectivity index (χ3n) is 3.77. The van der Waals surface area contributed by atoms with Crippen molar-refractivity contribution < 1.29 is 13.2 Å². The lowest BCUT2D eigenvalue weighted by Crippen LogP contribution is -2.18. The van der Waals surface area contributed by atoms with Gasteiger partial charge in [-0.05, 0) is 42.8 Å². The summed E-state index contributed by atoms with van der Waals surface area (Å²) in [5.41, 5.74) is 1.50. The van der Waals surface area contributed by atoms with Crippen LogP contribution in [-0.4, -0.2) is 14.5 Å². The Morgan fingerprint density at radius 3 is 2.50 bits per heavy atom. The number of hydrogen-bond donors (Lipinski definition) is 0. The summed E-state index contributed by atoms with van der Waals surface area (Å²) in [7, 11) is -3.85. The number of hydrogen-bond acceptors (Lipinski definition) is 4. The molecule has 0 fully saturated rings. The maximum absolute atomic E-state index is 12.6. The first-order chi connectivity index (χ1) is 11.5. The minimum atomic E-state index is -3.85. The van der Waals surface area contributed by atoms with E-state index in [1.165, 1.54) is 18.2 Å². The number of nitrogens with zero attached hydrogens (tertiary/aromatic N) is 1. The van der Waals surface area contributed by atoms with Crippen molar-refractivity contribution in [1.82, 2.24) is 0 Å². The molecule has 2 aromatic rings. The molecule has 0 saturated carbocycles. The van der Waals surface area contributed by atoms with Gasteiger partial charge in [0.25, 0.3) is 0 Å². The first-order valence-electron chi connectivity index (χ1n) is 7.41. The van der Waals surface area contributed by atoms with Crippen molar-refractivity contribution in [2.45, 2.75) is 17.9 Å². The van der Waals surface area contributed by atoms with E-state index in [-0.39, 0.29) is 15.9 Å². The summed E-state index contributed by atoms with van der Waals surface area (Å²) in [5.74, 6) is 0.742. The molecule has 0 saturated heterocycles. The van der Waals surface area contributed by atoms with Crippen molar-refractivity contribution in [3.63, 3.8) is 0 Å². The van der Waals surface area contributed by atoms with Gasteiger partial charge in [-0.3, -0.25) is 0 Å². The quantitative estimate of drug-likeness (QED) is 0.800. The van der Waals surface area contributed by atoms with Crippen LogP contribution in [0.4, 0.5) is 0 Å². The molecule has 0 spiro atoms. The Kier molecular flexibility index (Phi) is 4.24. The van der Waals surface area contributed by atoms with E-state index in [1.54, 1.807) is 18.2 Å². The molecule has 5 heteroatoms. The van der Waals surface area contributed by atoms with Crippen LogP contribution >= 0.6 is 0 Å². The topological polar surface area (TPSA) is 67.2 Å². The van der Waals surface area contributed by atoms with Crippen LogP contribution in [0.2, 0.25) is 0 Å². The van der Waals surface area contributed by atoms with Gasteiger partial charge >= 0.3 is 0 Å². The van der Waals surface area contributed by atoms with Crippen molar-refractivity contribution in [2.75, 3.05) is 0 Å². The number of allylic oxidation sites excluding steroid dienone is 1. The molecule has 120 valence electrons. The normalized spacial score (nSPS) is 17.2. The molecular weight excluding hydrogens is 322 g/mol. The molecule has 3 rings (SSSR count). The molecule has 1 aliphatic heterocycles. The lowest BCUT2D eigenvalue weighted by Gasteiger charge is -2.23. The van der Waals surface area contributed by atoms with Crippen molar-refractivity contribution in [1.29, 1.82) is 5.26 Å². The fourth-order valence-electron chi connectivity index (χ4n) is 2.47. The molecule has 4 nitrogen and oxygen atoms in total. The van der Waals surface area contributed by atoms with Gasteiger partial charge in [0.2, 0.25) is 9.84 Å². The first kappa shape index (κ1) is 16.0. The number of rotatable bonds is 3. The zero-order chi connectivity index (χ0) is 17.2. The number of nitriles is 1. The van der Waals surface area contributed by atoms with Crippen molar-refractivity contribution in [3.05, 3.63) is 76.7 Å². The molecule has 1 aliphatic rings. The van der Waals surface area contributed by atoms with Gasteiger partial charge in [0, 0.05) is 5.56 Å². The summed E-state index contributed by atoms with van der Waals surface area (Å²) in [6.45, 7) is 1.82. The monoisotopic (exact) mass is 337 g/mol. The van der Waals surface area contributed by atoms with Crippen molar-refractivity contribution >= 4 is 15.9 Å². The zero-order valence-corrected chi connectivity index (χ0v) is 13.8. The van der Waals surface area contributed by atoms with E-state index in [1.807, 2.05) is 43.3 Å². The van der Waals surface area contributed by atoms with E-state index in [0.717, 1.165) is 11.3 Å². The third kappa shape index (κ3) is 2.97. The van der Waals surface area contributed by atoms with Crippen LogP contribution in [0.3, 0.4) is 0 Å². The number of benzene rings is 2. The summed E-state index contributed by atoms with van der Waals surface area (Å²) in [6.07, 6.45) is 2.90. The molecule has 0 amide bonds. The molecule has 1 unspecified atom stereocenters. The van der Waals surface area contributed by atoms with Gasteiger partial charge in [0.1, 0.15) is 22.8 Å². The molecule has 2 aromatic carbocycles. The van der Waals surface area contributed by atoms with Crippen molar-refractivity contribution in [3.8, 4) is 11.8 Å². The van der Waals surface area contributed by atoms with E-state index < -0.39 is 9.84 Å². The molecule has 0 N–H and O–H groups in total. The molecule has 1 atom stereocenters. The Morgan fingerprint density at radius 2 is 1.79 bits per heavy atom. The number of para-hydroxylation sites is 1. The Bertz CT molecular complexity index is 967. The Labute approximate surface area is 141 Å². The lowest BCUT2D eigenvalue weighted by molar-refractivity contribution is 0.257.